The number of aromatic hydroxyl groups is 1. The zero-order chi connectivity index (χ0) is 9.97. The number of aryl methyl sites for hydroxylation is 1. The molecule has 72 valence electrons. The highest BCUT2D eigenvalue weighted by molar-refractivity contribution is 7.99. The quantitative estimate of drug-likeness (QED) is 0.819. The number of phenolic OH excluding ortho intramolecular Hbond substituents is 1. The van der Waals surface area contributed by atoms with Gasteiger partial charge in [-0.25, -0.2) is 4.98 Å². The van der Waals surface area contributed by atoms with E-state index in [0.717, 1.165) is 10.1 Å². The number of rotatable bonds is 2. The minimum atomic E-state index is 0.282. The Kier molecular flexibility index (Phi) is 2.45. The highest BCUT2D eigenvalue weighted by Gasteiger charge is 2.02. The zero-order valence-electron chi connectivity index (χ0n) is 7.71. The molecule has 1 aromatic heterocycles. The normalized spacial score (nSPS) is 10.4. The number of phenols is 1. The molecule has 0 fully saturated rings. The van der Waals surface area contributed by atoms with Crippen LogP contribution in [0.5, 0.6) is 5.75 Å². The molecule has 0 saturated carbocycles. The van der Waals surface area contributed by atoms with E-state index in [4.69, 9.17) is 0 Å². The summed E-state index contributed by atoms with van der Waals surface area (Å²) in [5.41, 5.74) is 0. The van der Waals surface area contributed by atoms with E-state index >= 15 is 0 Å². The number of imidazole rings is 1. The third-order valence-electron chi connectivity index (χ3n) is 1.80. The Balaban J connectivity index is 2.23. The summed E-state index contributed by atoms with van der Waals surface area (Å²) in [6.45, 7) is 0. The van der Waals surface area contributed by atoms with E-state index in [1.807, 2.05) is 29.9 Å². The zero-order valence-corrected chi connectivity index (χ0v) is 8.53. The van der Waals surface area contributed by atoms with Crippen LogP contribution >= 0.6 is 11.8 Å². The SMILES string of the molecule is Cn1ccnc1Sc1cccc(O)c1. The van der Waals surface area contributed by atoms with Crippen molar-refractivity contribution < 1.29 is 5.11 Å². The van der Waals surface area contributed by atoms with Crippen molar-refractivity contribution in [1.29, 1.82) is 0 Å². The van der Waals surface area contributed by atoms with Crippen molar-refractivity contribution in [2.45, 2.75) is 10.1 Å². The Labute approximate surface area is 86.4 Å². The highest BCUT2D eigenvalue weighted by Crippen LogP contribution is 2.27. The Hall–Kier alpha value is -1.42. The van der Waals surface area contributed by atoms with E-state index in [0.29, 0.717) is 0 Å². The van der Waals surface area contributed by atoms with E-state index in [1.54, 1.807) is 18.3 Å². The van der Waals surface area contributed by atoms with Crippen LogP contribution in [-0.4, -0.2) is 14.7 Å². The van der Waals surface area contributed by atoms with Crippen LogP contribution < -0.4 is 0 Å². The summed E-state index contributed by atoms with van der Waals surface area (Å²) in [6.07, 6.45) is 3.65. The van der Waals surface area contributed by atoms with Crippen LogP contribution in [0.4, 0.5) is 0 Å². The Morgan fingerprint density at radius 3 is 2.93 bits per heavy atom. The summed E-state index contributed by atoms with van der Waals surface area (Å²) < 4.78 is 1.94. The minimum absolute atomic E-state index is 0.282. The van der Waals surface area contributed by atoms with Crippen LogP contribution in [0, 0.1) is 0 Å². The van der Waals surface area contributed by atoms with Crippen LogP contribution in [0.15, 0.2) is 46.7 Å². The summed E-state index contributed by atoms with van der Waals surface area (Å²) in [4.78, 5) is 5.17. The van der Waals surface area contributed by atoms with Gasteiger partial charge in [0.2, 0.25) is 0 Å². The molecular weight excluding hydrogens is 196 g/mol. The van der Waals surface area contributed by atoms with Crippen molar-refractivity contribution >= 4 is 11.8 Å². The van der Waals surface area contributed by atoms with E-state index in [9.17, 15) is 5.11 Å². The summed E-state index contributed by atoms with van der Waals surface area (Å²) >= 11 is 1.53. The molecular formula is C10H10N2OS. The molecule has 0 saturated heterocycles. The average molecular weight is 206 g/mol. The molecule has 1 heterocycles. The van der Waals surface area contributed by atoms with Gasteiger partial charge in [-0.2, -0.15) is 0 Å². The number of hydrogen-bond acceptors (Lipinski definition) is 3. The van der Waals surface area contributed by atoms with Crippen LogP contribution in [0.1, 0.15) is 0 Å². The number of hydrogen-bond donors (Lipinski definition) is 1. The third kappa shape index (κ3) is 1.90. The molecule has 0 spiro atoms. The largest absolute Gasteiger partial charge is 0.508 e. The predicted octanol–water partition coefficient (Wildman–Crippen LogP) is 2.28. The topological polar surface area (TPSA) is 38.0 Å². The van der Waals surface area contributed by atoms with Crippen molar-refractivity contribution in [3.8, 4) is 5.75 Å². The lowest BCUT2D eigenvalue weighted by molar-refractivity contribution is 0.474. The van der Waals surface area contributed by atoms with Gasteiger partial charge in [-0.15, -0.1) is 0 Å². The van der Waals surface area contributed by atoms with Crippen molar-refractivity contribution in [1.82, 2.24) is 9.55 Å². The summed E-state index contributed by atoms with van der Waals surface area (Å²) in [7, 11) is 1.94. The number of benzene rings is 1. The maximum atomic E-state index is 9.27. The lowest BCUT2D eigenvalue weighted by Gasteiger charge is -2.01. The van der Waals surface area contributed by atoms with Crippen molar-refractivity contribution in [2.24, 2.45) is 7.05 Å². The molecule has 1 N–H and O–H groups in total. The maximum Gasteiger partial charge on any atom is 0.172 e. The highest BCUT2D eigenvalue weighted by atomic mass is 32.2. The Bertz CT molecular complexity index is 439. The third-order valence-corrected chi connectivity index (χ3v) is 2.87. The molecule has 1 aromatic carbocycles. The van der Waals surface area contributed by atoms with Gasteiger partial charge in [-0.05, 0) is 18.2 Å². The smallest absolute Gasteiger partial charge is 0.172 e. The van der Waals surface area contributed by atoms with Crippen LogP contribution in [-0.2, 0) is 7.05 Å². The summed E-state index contributed by atoms with van der Waals surface area (Å²) in [5, 5.41) is 10.2. The molecule has 0 atom stereocenters. The molecule has 14 heavy (non-hydrogen) atoms. The number of aromatic nitrogens is 2. The van der Waals surface area contributed by atoms with Crippen LogP contribution in [0.3, 0.4) is 0 Å². The van der Waals surface area contributed by atoms with Crippen LogP contribution in [0.25, 0.3) is 0 Å². The van der Waals surface area contributed by atoms with Gasteiger partial charge in [0.15, 0.2) is 5.16 Å². The van der Waals surface area contributed by atoms with E-state index in [1.165, 1.54) is 11.8 Å². The summed E-state index contributed by atoms with van der Waals surface area (Å²) in [5.74, 6) is 0.282. The molecule has 0 aliphatic carbocycles. The monoisotopic (exact) mass is 206 g/mol. The maximum absolute atomic E-state index is 9.27. The molecule has 0 amide bonds. The number of nitrogens with zero attached hydrogens (tertiary/aromatic N) is 2. The molecule has 4 heteroatoms. The van der Waals surface area contributed by atoms with Gasteiger partial charge in [-0.1, -0.05) is 17.8 Å². The molecule has 0 aliphatic heterocycles. The van der Waals surface area contributed by atoms with Crippen LogP contribution in [0.2, 0.25) is 0 Å². The minimum Gasteiger partial charge on any atom is -0.508 e. The molecule has 0 bridgehead atoms. The van der Waals surface area contributed by atoms with E-state index in [-0.39, 0.29) is 5.75 Å². The lowest BCUT2D eigenvalue weighted by Crippen LogP contribution is -1.87. The first-order valence-corrected chi connectivity index (χ1v) is 5.01. The first-order valence-electron chi connectivity index (χ1n) is 4.20. The standard InChI is InChI=1S/C10H10N2OS/c1-12-6-5-11-10(12)14-9-4-2-3-8(13)7-9/h2-7,13H,1H3. The molecule has 2 aromatic rings. The molecule has 3 nitrogen and oxygen atoms in total. The Morgan fingerprint density at radius 2 is 2.29 bits per heavy atom. The summed E-state index contributed by atoms with van der Waals surface area (Å²) in [6, 6.07) is 7.14. The van der Waals surface area contributed by atoms with Crippen molar-refractivity contribution in [3.05, 3.63) is 36.7 Å². The van der Waals surface area contributed by atoms with Gasteiger partial charge in [0.1, 0.15) is 5.75 Å². The first kappa shape index (κ1) is 9.15. The average Bonchev–Trinajstić information content (AvgIpc) is 2.52. The van der Waals surface area contributed by atoms with Gasteiger partial charge in [0.25, 0.3) is 0 Å². The molecule has 0 unspecified atom stereocenters. The van der Waals surface area contributed by atoms with Gasteiger partial charge >= 0.3 is 0 Å². The van der Waals surface area contributed by atoms with E-state index in [2.05, 4.69) is 4.98 Å². The fourth-order valence-electron chi connectivity index (χ4n) is 1.10. The fraction of sp³-hybridized carbons (Fsp3) is 0.100. The van der Waals surface area contributed by atoms with Gasteiger partial charge in [-0.3, -0.25) is 0 Å². The molecule has 0 radical (unpaired) electrons. The van der Waals surface area contributed by atoms with Gasteiger partial charge in [0, 0.05) is 24.3 Å². The predicted molar refractivity (Wildman–Crippen MR) is 55.4 cm³/mol. The van der Waals surface area contributed by atoms with Crippen molar-refractivity contribution in [3.63, 3.8) is 0 Å². The van der Waals surface area contributed by atoms with Crippen molar-refractivity contribution in [2.75, 3.05) is 0 Å². The second-order valence-electron chi connectivity index (χ2n) is 2.92. The second kappa shape index (κ2) is 3.75. The molecule has 0 aliphatic rings. The first-order chi connectivity index (χ1) is 6.75. The fourth-order valence-corrected chi connectivity index (χ4v) is 1.96. The molecule has 2 rings (SSSR count). The van der Waals surface area contributed by atoms with E-state index < -0.39 is 0 Å². The van der Waals surface area contributed by atoms with Gasteiger partial charge in [0.05, 0.1) is 0 Å². The Morgan fingerprint density at radius 1 is 1.43 bits per heavy atom. The second-order valence-corrected chi connectivity index (χ2v) is 3.96. The lowest BCUT2D eigenvalue weighted by atomic mass is 10.3. The van der Waals surface area contributed by atoms with Gasteiger partial charge < -0.3 is 9.67 Å².